The zero-order valence-corrected chi connectivity index (χ0v) is 11.0. The lowest BCUT2D eigenvalue weighted by Crippen LogP contribution is -2.29. The molecule has 0 amide bonds. The third kappa shape index (κ3) is 3.92. The predicted molar refractivity (Wildman–Crippen MR) is 71.1 cm³/mol. The van der Waals surface area contributed by atoms with Gasteiger partial charge in [-0.05, 0) is 24.1 Å². The number of hydrogen-bond acceptors (Lipinski definition) is 4. The van der Waals surface area contributed by atoms with E-state index in [1.54, 1.807) is 6.07 Å². The molecule has 0 aliphatic rings. The minimum Gasteiger partial charge on any atom is -0.466 e. The normalized spacial score (nSPS) is 13.3. The van der Waals surface area contributed by atoms with Gasteiger partial charge in [0.15, 0.2) is 5.37 Å². The molecule has 0 spiro atoms. The number of nitrogens with one attached hydrogen (secondary N) is 1. The first-order chi connectivity index (χ1) is 9.07. The quantitative estimate of drug-likeness (QED) is 0.792. The molecule has 19 heavy (non-hydrogen) atoms. The predicted octanol–water partition coefficient (Wildman–Crippen LogP) is 2.00. The van der Waals surface area contributed by atoms with E-state index in [1.165, 1.54) is 12.3 Å². The summed E-state index contributed by atoms with van der Waals surface area (Å²) >= 11 is 0. The SMILES string of the molecule is O=S(=O)(O)C(NCCc1ccccc1)c1ccco1. The van der Waals surface area contributed by atoms with Crippen molar-refractivity contribution in [1.82, 2.24) is 5.32 Å². The standard InChI is InChI=1S/C13H15NO4S/c15-19(16,17)13(12-7-4-10-18-12)14-9-8-11-5-2-1-3-6-11/h1-7,10,13-14H,8-9H2,(H,15,16,17). The summed E-state index contributed by atoms with van der Waals surface area (Å²) in [4.78, 5) is 0. The van der Waals surface area contributed by atoms with Crippen molar-refractivity contribution >= 4 is 10.1 Å². The highest BCUT2D eigenvalue weighted by Gasteiger charge is 2.26. The molecule has 0 aliphatic heterocycles. The summed E-state index contributed by atoms with van der Waals surface area (Å²) in [6.07, 6.45) is 2.03. The summed E-state index contributed by atoms with van der Waals surface area (Å²) in [7, 11) is -4.25. The second kappa shape index (κ2) is 6.01. The maximum atomic E-state index is 11.3. The molecule has 1 aromatic heterocycles. The van der Waals surface area contributed by atoms with Crippen molar-refractivity contribution in [3.8, 4) is 0 Å². The van der Waals surface area contributed by atoms with Crippen LogP contribution < -0.4 is 5.32 Å². The zero-order chi connectivity index (χ0) is 13.7. The number of hydrogen-bond donors (Lipinski definition) is 2. The fourth-order valence-electron chi connectivity index (χ4n) is 1.79. The van der Waals surface area contributed by atoms with E-state index in [4.69, 9.17) is 4.42 Å². The Hall–Kier alpha value is -1.63. The Morgan fingerprint density at radius 2 is 1.89 bits per heavy atom. The van der Waals surface area contributed by atoms with Crippen molar-refractivity contribution in [2.24, 2.45) is 0 Å². The monoisotopic (exact) mass is 281 g/mol. The molecule has 5 nitrogen and oxygen atoms in total. The largest absolute Gasteiger partial charge is 0.466 e. The molecule has 102 valence electrons. The summed E-state index contributed by atoms with van der Waals surface area (Å²) in [5.41, 5.74) is 1.09. The van der Waals surface area contributed by atoms with Gasteiger partial charge >= 0.3 is 0 Å². The third-order valence-corrected chi connectivity index (χ3v) is 3.68. The summed E-state index contributed by atoms with van der Waals surface area (Å²) < 4.78 is 36.8. The first kappa shape index (κ1) is 13.8. The van der Waals surface area contributed by atoms with Crippen LogP contribution in [0.5, 0.6) is 0 Å². The molecule has 0 saturated heterocycles. The van der Waals surface area contributed by atoms with E-state index < -0.39 is 15.5 Å². The van der Waals surface area contributed by atoms with Gasteiger partial charge in [-0.1, -0.05) is 30.3 Å². The van der Waals surface area contributed by atoms with Crippen LogP contribution in [0.2, 0.25) is 0 Å². The second-order valence-electron chi connectivity index (χ2n) is 4.10. The van der Waals surface area contributed by atoms with Gasteiger partial charge in [0.25, 0.3) is 10.1 Å². The van der Waals surface area contributed by atoms with Crippen molar-refractivity contribution in [2.45, 2.75) is 11.8 Å². The lowest BCUT2D eigenvalue weighted by molar-refractivity contribution is 0.417. The highest BCUT2D eigenvalue weighted by Crippen LogP contribution is 2.18. The maximum absolute atomic E-state index is 11.3. The molecule has 1 aromatic carbocycles. The average molecular weight is 281 g/mol. The molecule has 2 aromatic rings. The molecular formula is C13H15NO4S. The van der Waals surface area contributed by atoms with E-state index in [0.29, 0.717) is 13.0 Å². The number of rotatable bonds is 6. The molecule has 1 atom stereocenters. The molecule has 0 radical (unpaired) electrons. The van der Waals surface area contributed by atoms with Crippen molar-refractivity contribution in [2.75, 3.05) is 6.54 Å². The van der Waals surface area contributed by atoms with Crippen LogP contribution in [0, 0.1) is 0 Å². The van der Waals surface area contributed by atoms with Crippen molar-refractivity contribution in [1.29, 1.82) is 0 Å². The summed E-state index contributed by atoms with van der Waals surface area (Å²) in [5, 5.41) is 1.55. The Labute approximate surface area is 112 Å². The van der Waals surface area contributed by atoms with Crippen LogP contribution in [-0.2, 0) is 16.5 Å². The van der Waals surface area contributed by atoms with Crippen LogP contribution in [0.25, 0.3) is 0 Å². The fourth-order valence-corrected chi connectivity index (χ4v) is 2.54. The molecular weight excluding hydrogens is 266 g/mol. The van der Waals surface area contributed by atoms with Crippen LogP contribution >= 0.6 is 0 Å². The Kier molecular flexibility index (Phi) is 4.36. The number of furan rings is 1. The first-order valence-electron chi connectivity index (χ1n) is 5.84. The zero-order valence-electron chi connectivity index (χ0n) is 10.2. The van der Waals surface area contributed by atoms with Gasteiger partial charge in [0.05, 0.1) is 6.26 Å². The molecule has 1 heterocycles. The van der Waals surface area contributed by atoms with Crippen LogP contribution in [0.3, 0.4) is 0 Å². The van der Waals surface area contributed by atoms with Gasteiger partial charge in [-0.2, -0.15) is 8.42 Å². The second-order valence-corrected chi connectivity index (χ2v) is 5.60. The Morgan fingerprint density at radius 3 is 2.47 bits per heavy atom. The van der Waals surface area contributed by atoms with Crippen LogP contribution in [0.1, 0.15) is 16.7 Å². The lowest BCUT2D eigenvalue weighted by Gasteiger charge is -2.13. The van der Waals surface area contributed by atoms with Gasteiger partial charge in [0.1, 0.15) is 5.76 Å². The van der Waals surface area contributed by atoms with Gasteiger partial charge in [-0.15, -0.1) is 0 Å². The molecule has 2 rings (SSSR count). The van der Waals surface area contributed by atoms with Crippen LogP contribution in [0.4, 0.5) is 0 Å². The minimum absolute atomic E-state index is 0.176. The van der Waals surface area contributed by atoms with Gasteiger partial charge in [0.2, 0.25) is 0 Å². The van der Waals surface area contributed by atoms with Gasteiger partial charge in [-0.3, -0.25) is 9.87 Å². The summed E-state index contributed by atoms with van der Waals surface area (Å²) in [5.74, 6) is 0.176. The maximum Gasteiger partial charge on any atom is 0.288 e. The molecule has 6 heteroatoms. The van der Waals surface area contributed by atoms with Crippen molar-refractivity contribution in [3.05, 3.63) is 60.1 Å². The van der Waals surface area contributed by atoms with E-state index in [-0.39, 0.29) is 5.76 Å². The van der Waals surface area contributed by atoms with Crippen molar-refractivity contribution in [3.63, 3.8) is 0 Å². The molecule has 0 saturated carbocycles. The molecule has 0 bridgehead atoms. The third-order valence-electron chi connectivity index (χ3n) is 2.69. The molecule has 1 unspecified atom stereocenters. The van der Waals surface area contributed by atoms with Gasteiger partial charge in [-0.25, -0.2) is 0 Å². The molecule has 0 fully saturated rings. The number of benzene rings is 1. The highest BCUT2D eigenvalue weighted by atomic mass is 32.2. The van der Waals surface area contributed by atoms with Gasteiger partial charge < -0.3 is 4.42 Å². The highest BCUT2D eigenvalue weighted by molar-refractivity contribution is 7.86. The first-order valence-corrected chi connectivity index (χ1v) is 7.35. The molecule has 2 N–H and O–H groups in total. The average Bonchev–Trinajstić information content (AvgIpc) is 2.88. The van der Waals surface area contributed by atoms with Crippen LogP contribution in [0.15, 0.2) is 53.1 Å². The van der Waals surface area contributed by atoms with E-state index in [0.717, 1.165) is 5.56 Å². The molecule has 0 aliphatic carbocycles. The fraction of sp³-hybridized carbons (Fsp3) is 0.231. The Bertz CT molecular complexity index is 593. The smallest absolute Gasteiger partial charge is 0.288 e. The van der Waals surface area contributed by atoms with Crippen LogP contribution in [-0.4, -0.2) is 19.5 Å². The summed E-state index contributed by atoms with van der Waals surface area (Å²) in [6.45, 7) is 0.412. The van der Waals surface area contributed by atoms with Gasteiger partial charge in [0, 0.05) is 6.54 Å². The Balaban J connectivity index is 1.99. The lowest BCUT2D eigenvalue weighted by atomic mass is 10.1. The van der Waals surface area contributed by atoms with E-state index in [2.05, 4.69) is 5.32 Å². The van der Waals surface area contributed by atoms with E-state index in [1.807, 2.05) is 30.3 Å². The van der Waals surface area contributed by atoms with Crippen molar-refractivity contribution < 1.29 is 17.4 Å². The van der Waals surface area contributed by atoms with E-state index in [9.17, 15) is 13.0 Å². The topological polar surface area (TPSA) is 79.5 Å². The Morgan fingerprint density at radius 1 is 1.16 bits per heavy atom. The minimum atomic E-state index is -4.25. The summed E-state index contributed by atoms with van der Waals surface area (Å²) in [6, 6.07) is 12.7. The van der Waals surface area contributed by atoms with E-state index >= 15 is 0 Å².